The van der Waals surface area contributed by atoms with E-state index < -0.39 is 6.10 Å². The molecule has 140 valence electrons. The van der Waals surface area contributed by atoms with Crippen LogP contribution in [0.4, 0.5) is 10.2 Å². The third-order valence-corrected chi connectivity index (χ3v) is 3.93. The van der Waals surface area contributed by atoms with Crippen LogP contribution in [0, 0.1) is 12.7 Å². The van der Waals surface area contributed by atoms with Gasteiger partial charge in [-0.3, -0.25) is 9.59 Å². The Bertz CT molecular complexity index is 885. The molecule has 27 heavy (non-hydrogen) atoms. The van der Waals surface area contributed by atoms with Crippen molar-refractivity contribution in [1.29, 1.82) is 0 Å². The van der Waals surface area contributed by atoms with Gasteiger partial charge in [0.25, 0.3) is 5.91 Å². The average molecular weight is 370 g/mol. The van der Waals surface area contributed by atoms with Crippen molar-refractivity contribution in [2.24, 2.45) is 5.16 Å². The van der Waals surface area contributed by atoms with Gasteiger partial charge < -0.3 is 15.5 Å². The van der Waals surface area contributed by atoms with Crippen LogP contribution in [0.3, 0.4) is 0 Å². The third-order valence-electron chi connectivity index (χ3n) is 3.93. The number of rotatable bonds is 6. The summed E-state index contributed by atoms with van der Waals surface area (Å²) in [7, 11) is 0. The molecular weight excluding hydrogens is 351 g/mol. The van der Waals surface area contributed by atoms with Crippen LogP contribution in [0.15, 0.2) is 47.6 Å². The molecule has 8 heteroatoms. The van der Waals surface area contributed by atoms with Crippen molar-refractivity contribution in [3.63, 3.8) is 0 Å². The molecule has 1 aliphatic rings. The van der Waals surface area contributed by atoms with Gasteiger partial charge in [0.2, 0.25) is 12.0 Å². The molecule has 0 fully saturated rings. The maximum absolute atomic E-state index is 13.3. The van der Waals surface area contributed by atoms with Crippen LogP contribution >= 0.6 is 0 Å². The predicted molar refractivity (Wildman–Crippen MR) is 97.7 cm³/mol. The molecule has 1 aliphatic heterocycles. The van der Waals surface area contributed by atoms with Crippen molar-refractivity contribution < 1.29 is 18.8 Å². The number of oxime groups is 1. The number of halogens is 1. The van der Waals surface area contributed by atoms with E-state index in [1.165, 1.54) is 12.1 Å². The second-order valence-electron chi connectivity index (χ2n) is 6.10. The minimum absolute atomic E-state index is 0.103. The molecule has 7 nitrogen and oxygen atoms in total. The zero-order valence-corrected chi connectivity index (χ0v) is 14.7. The number of aromatic nitrogens is 1. The van der Waals surface area contributed by atoms with E-state index in [0.29, 0.717) is 17.1 Å². The summed E-state index contributed by atoms with van der Waals surface area (Å²) in [4.78, 5) is 33.4. The van der Waals surface area contributed by atoms with Crippen molar-refractivity contribution in [1.82, 2.24) is 10.3 Å². The van der Waals surface area contributed by atoms with Crippen molar-refractivity contribution in [3.05, 3.63) is 59.5 Å². The highest BCUT2D eigenvalue weighted by atomic mass is 19.1. The van der Waals surface area contributed by atoms with Gasteiger partial charge in [-0.15, -0.1) is 0 Å². The first-order valence-electron chi connectivity index (χ1n) is 8.51. The topological polar surface area (TPSA) is 92.7 Å². The number of amides is 2. The van der Waals surface area contributed by atoms with Gasteiger partial charge in [0.05, 0.1) is 5.71 Å². The Morgan fingerprint density at radius 1 is 1.26 bits per heavy atom. The molecule has 1 atom stereocenters. The first-order valence-corrected chi connectivity index (χ1v) is 8.51. The zero-order chi connectivity index (χ0) is 19.2. The molecule has 0 radical (unpaired) electrons. The minimum Gasteiger partial charge on any atom is -0.382 e. The summed E-state index contributed by atoms with van der Waals surface area (Å²) in [5.41, 5.74) is 1.89. The molecule has 1 aromatic carbocycles. The maximum atomic E-state index is 13.3. The van der Waals surface area contributed by atoms with Crippen LogP contribution in [0.1, 0.15) is 24.1 Å². The molecule has 1 aromatic heterocycles. The Morgan fingerprint density at radius 2 is 2.07 bits per heavy atom. The lowest BCUT2D eigenvalue weighted by molar-refractivity contribution is -0.131. The number of hydrogen-bond donors (Lipinski definition) is 2. The molecule has 0 bridgehead atoms. The number of hydrogen-bond acceptors (Lipinski definition) is 5. The van der Waals surface area contributed by atoms with Crippen molar-refractivity contribution in [3.8, 4) is 0 Å². The molecule has 0 saturated carbocycles. The lowest BCUT2D eigenvalue weighted by atomic mass is 10.0. The van der Waals surface area contributed by atoms with Crippen LogP contribution in [-0.2, 0) is 14.4 Å². The van der Waals surface area contributed by atoms with E-state index in [-0.39, 0.29) is 37.0 Å². The summed E-state index contributed by atoms with van der Waals surface area (Å²) in [6.07, 6.45) is -0.440. The summed E-state index contributed by atoms with van der Waals surface area (Å²) in [6.45, 7) is 1.99. The molecule has 2 heterocycles. The predicted octanol–water partition coefficient (Wildman–Crippen LogP) is 2.17. The first-order chi connectivity index (χ1) is 13.0. The van der Waals surface area contributed by atoms with Gasteiger partial charge in [-0.25, -0.2) is 9.37 Å². The summed E-state index contributed by atoms with van der Waals surface area (Å²) in [6, 6.07) is 11.3. The van der Waals surface area contributed by atoms with Crippen LogP contribution < -0.4 is 10.6 Å². The Morgan fingerprint density at radius 3 is 2.85 bits per heavy atom. The molecule has 0 spiro atoms. The molecule has 3 rings (SSSR count). The van der Waals surface area contributed by atoms with Gasteiger partial charge in [-0.05, 0) is 31.2 Å². The minimum atomic E-state index is -0.787. The number of pyridine rings is 1. The lowest BCUT2D eigenvalue weighted by Crippen LogP contribution is -2.36. The maximum Gasteiger partial charge on any atom is 0.264 e. The fourth-order valence-corrected chi connectivity index (χ4v) is 2.59. The molecule has 2 aromatic rings. The molecule has 2 N–H and O–H groups in total. The zero-order valence-electron chi connectivity index (χ0n) is 14.7. The quantitative estimate of drug-likeness (QED) is 0.815. The molecular formula is C19H19FN4O3. The Hall–Kier alpha value is -3.29. The highest BCUT2D eigenvalue weighted by molar-refractivity contribution is 6.04. The van der Waals surface area contributed by atoms with Crippen LogP contribution in [-0.4, -0.2) is 35.2 Å². The Balaban J connectivity index is 1.42. The van der Waals surface area contributed by atoms with E-state index >= 15 is 0 Å². The second-order valence-corrected chi connectivity index (χ2v) is 6.10. The van der Waals surface area contributed by atoms with E-state index in [1.54, 1.807) is 24.3 Å². The SMILES string of the molecule is Cc1cccc(NC(=O)CCNC(=O)[C@@H]2CC(c3cccc(F)c3)=NO2)n1. The fourth-order valence-electron chi connectivity index (χ4n) is 2.59. The fraction of sp³-hybridized carbons (Fsp3) is 0.263. The van der Waals surface area contributed by atoms with Gasteiger partial charge in [0.15, 0.2) is 0 Å². The summed E-state index contributed by atoms with van der Waals surface area (Å²) in [5.74, 6) is -0.528. The van der Waals surface area contributed by atoms with E-state index in [4.69, 9.17) is 4.84 Å². The lowest BCUT2D eigenvalue weighted by Gasteiger charge is -2.09. The molecule has 2 amide bonds. The summed E-state index contributed by atoms with van der Waals surface area (Å²) < 4.78 is 13.3. The monoisotopic (exact) mass is 370 g/mol. The molecule has 0 aliphatic carbocycles. The summed E-state index contributed by atoms with van der Waals surface area (Å²) in [5, 5.41) is 9.17. The van der Waals surface area contributed by atoms with E-state index in [9.17, 15) is 14.0 Å². The van der Waals surface area contributed by atoms with E-state index in [2.05, 4.69) is 20.8 Å². The third kappa shape index (κ3) is 5.10. The van der Waals surface area contributed by atoms with E-state index in [1.807, 2.05) is 13.0 Å². The number of nitrogens with one attached hydrogen (secondary N) is 2. The van der Waals surface area contributed by atoms with Crippen molar-refractivity contribution >= 4 is 23.3 Å². The molecule has 0 saturated heterocycles. The van der Waals surface area contributed by atoms with Crippen LogP contribution in [0.5, 0.6) is 0 Å². The normalized spacial score (nSPS) is 15.6. The van der Waals surface area contributed by atoms with Crippen molar-refractivity contribution in [2.75, 3.05) is 11.9 Å². The van der Waals surface area contributed by atoms with Crippen molar-refractivity contribution in [2.45, 2.75) is 25.9 Å². The average Bonchev–Trinajstić information content (AvgIpc) is 3.12. The van der Waals surface area contributed by atoms with Gasteiger partial charge in [0.1, 0.15) is 11.6 Å². The number of anilines is 1. The second kappa shape index (κ2) is 8.39. The molecule has 0 unspecified atom stereocenters. The number of nitrogens with zero attached hydrogens (tertiary/aromatic N) is 2. The van der Waals surface area contributed by atoms with Crippen LogP contribution in [0.25, 0.3) is 0 Å². The standard InChI is InChI=1S/C19H19FN4O3/c1-12-4-2-7-17(22-12)23-18(25)8-9-21-19(26)16-11-15(24-27-16)13-5-3-6-14(20)10-13/h2-7,10,16H,8-9,11H2,1H3,(H,21,26)(H,22,23,25)/t16-/m0/s1. The van der Waals surface area contributed by atoms with Gasteiger partial charge >= 0.3 is 0 Å². The highest BCUT2D eigenvalue weighted by Crippen LogP contribution is 2.17. The largest absolute Gasteiger partial charge is 0.382 e. The van der Waals surface area contributed by atoms with Crippen LogP contribution in [0.2, 0.25) is 0 Å². The van der Waals surface area contributed by atoms with Gasteiger partial charge in [-0.2, -0.15) is 0 Å². The number of benzene rings is 1. The van der Waals surface area contributed by atoms with Gasteiger partial charge in [-0.1, -0.05) is 23.4 Å². The summed E-state index contributed by atoms with van der Waals surface area (Å²) >= 11 is 0. The highest BCUT2D eigenvalue weighted by Gasteiger charge is 2.28. The Kier molecular flexibility index (Phi) is 5.75. The Labute approximate surface area is 155 Å². The van der Waals surface area contributed by atoms with Gasteiger partial charge in [0, 0.05) is 30.6 Å². The first kappa shape index (κ1) is 18.5. The number of aryl methyl sites for hydroxylation is 1. The van der Waals surface area contributed by atoms with E-state index in [0.717, 1.165) is 5.69 Å². The number of carbonyl (C=O) groups is 2. The smallest absolute Gasteiger partial charge is 0.264 e. The number of carbonyl (C=O) groups excluding carboxylic acids is 2.